The highest BCUT2D eigenvalue weighted by molar-refractivity contribution is 7.92. The van der Waals surface area contributed by atoms with Crippen molar-refractivity contribution in [2.24, 2.45) is 23.5 Å². The molecule has 232 valence electrons. The van der Waals surface area contributed by atoms with E-state index in [0.717, 1.165) is 32.4 Å². The van der Waals surface area contributed by atoms with E-state index in [1.54, 1.807) is 4.90 Å². The molecular weight excluding hydrogens is 561 g/mol. The first kappa shape index (κ1) is 35.6. The van der Waals surface area contributed by atoms with Gasteiger partial charge in [0.25, 0.3) is 0 Å². The summed E-state index contributed by atoms with van der Waals surface area (Å²) in [6.45, 7) is 4.38. The van der Waals surface area contributed by atoms with Gasteiger partial charge in [0.1, 0.15) is 11.3 Å². The number of amides is 2. The molecule has 0 bridgehead atoms. The summed E-state index contributed by atoms with van der Waals surface area (Å²) in [5.74, 6) is -5.92. The van der Waals surface area contributed by atoms with Crippen LogP contribution in [-0.2, 0) is 29.0 Å². The van der Waals surface area contributed by atoms with Crippen molar-refractivity contribution in [2.45, 2.75) is 69.8 Å². The lowest BCUT2D eigenvalue weighted by Gasteiger charge is -2.33. The molecule has 0 spiro atoms. The monoisotopic (exact) mass is 602 g/mol. The fourth-order valence-electron chi connectivity index (χ4n) is 4.50. The van der Waals surface area contributed by atoms with E-state index >= 15 is 0 Å². The number of unbranched alkanes of at least 4 members (excludes halogenated alkanes) is 1. The minimum absolute atomic E-state index is 0.0542. The molecule has 2 saturated heterocycles. The molecule has 2 aliphatic heterocycles. The Kier molecular flexibility index (Phi) is 14.9. The average Bonchev–Trinajstić information content (AvgIpc) is 2.90. The molecule has 0 aromatic heterocycles. The van der Waals surface area contributed by atoms with Gasteiger partial charge in [-0.1, -0.05) is 13.3 Å². The van der Waals surface area contributed by atoms with Gasteiger partial charge in [0.05, 0.1) is 11.7 Å². The summed E-state index contributed by atoms with van der Waals surface area (Å²) < 4.78 is 56.4. The average molecular weight is 603 g/mol. The molecule has 0 aromatic carbocycles. The number of aliphatic carboxylic acids is 2. The molecule has 2 rings (SSSR count). The molecule has 0 aromatic rings. The smallest absolute Gasteiger partial charge is 0.481 e. The van der Waals surface area contributed by atoms with Crippen LogP contribution < -0.4 is 16.4 Å². The van der Waals surface area contributed by atoms with Crippen LogP contribution in [0.25, 0.3) is 0 Å². The lowest BCUT2D eigenvalue weighted by molar-refractivity contribution is -0.192. The van der Waals surface area contributed by atoms with E-state index in [4.69, 9.17) is 15.6 Å². The number of rotatable bonds is 12. The van der Waals surface area contributed by atoms with E-state index in [1.807, 2.05) is 6.92 Å². The molecule has 2 aliphatic rings. The van der Waals surface area contributed by atoms with Crippen LogP contribution in [-0.4, -0.2) is 97.3 Å². The number of sulfone groups is 1. The first-order chi connectivity index (χ1) is 18.6. The number of likely N-dealkylation sites (tertiary alicyclic amines) is 1. The van der Waals surface area contributed by atoms with Gasteiger partial charge < -0.3 is 31.5 Å². The molecule has 2 heterocycles. The Bertz CT molecular complexity index is 958. The van der Waals surface area contributed by atoms with Crippen LogP contribution in [0.2, 0.25) is 0 Å². The summed E-state index contributed by atoms with van der Waals surface area (Å²) >= 11 is 0. The third-order valence-electron chi connectivity index (χ3n) is 7.02. The first-order valence-electron chi connectivity index (χ1n) is 13.4. The van der Waals surface area contributed by atoms with E-state index in [0.29, 0.717) is 51.1 Å². The lowest BCUT2D eigenvalue weighted by Crippen LogP contribution is -2.50. The van der Waals surface area contributed by atoms with Gasteiger partial charge >= 0.3 is 18.1 Å². The molecule has 0 radical (unpaired) electrons. The molecule has 0 saturated carbocycles. The number of alkyl halides is 3. The molecular formula is C24H41F3N4O8S. The van der Waals surface area contributed by atoms with Crippen molar-refractivity contribution in [3.8, 4) is 0 Å². The van der Waals surface area contributed by atoms with Crippen molar-refractivity contribution in [3.63, 3.8) is 0 Å². The predicted molar refractivity (Wildman–Crippen MR) is 139 cm³/mol. The largest absolute Gasteiger partial charge is 0.490 e. The highest BCUT2D eigenvalue weighted by atomic mass is 32.2. The predicted octanol–water partition coefficient (Wildman–Crippen LogP) is 0.955. The summed E-state index contributed by atoms with van der Waals surface area (Å²) in [5, 5.41) is 20.9. The van der Waals surface area contributed by atoms with Crippen LogP contribution >= 0.6 is 0 Å². The van der Waals surface area contributed by atoms with Gasteiger partial charge in [0.15, 0.2) is 9.84 Å². The van der Waals surface area contributed by atoms with Crippen molar-refractivity contribution in [1.29, 1.82) is 0 Å². The normalized spacial score (nSPS) is 20.0. The maximum absolute atomic E-state index is 12.7. The van der Waals surface area contributed by atoms with E-state index in [1.165, 1.54) is 0 Å². The SMILES string of the molecule is CCCCS(=O)(=O)C(N)[C@@H](CNC(=O)[C@@H]1CCCN(C(=O)CCC2CCNCC2)C1)C(=O)O.O=C(O)C(F)(F)F. The van der Waals surface area contributed by atoms with Crippen LogP contribution in [0.1, 0.15) is 58.3 Å². The Balaban J connectivity index is 0.00000101. The van der Waals surface area contributed by atoms with Crippen molar-refractivity contribution in [3.05, 3.63) is 0 Å². The van der Waals surface area contributed by atoms with Gasteiger partial charge in [-0.25, -0.2) is 13.2 Å². The van der Waals surface area contributed by atoms with Gasteiger partial charge in [0.2, 0.25) is 11.8 Å². The number of carboxylic acids is 2. The Labute approximate surface area is 232 Å². The van der Waals surface area contributed by atoms with Crippen molar-refractivity contribution < 1.29 is 51.0 Å². The second-order valence-corrected chi connectivity index (χ2v) is 12.4. The number of nitrogens with zero attached hydrogens (tertiary/aromatic N) is 1. The number of nitrogens with two attached hydrogens (primary N) is 1. The number of halogens is 3. The summed E-state index contributed by atoms with van der Waals surface area (Å²) in [6.07, 6.45) is 0.766. The van der Waals surface area contributed by atoms with Crippen molar-refractivity contribution >= 4 is 33.6 Å². The standard InChI is InChI=1S/C22H40N4O6S.C2HF3O2/c1-2-3-13-33(31,32)20(23)18(22(29)30)14-25-21(28)17-5-4-12-26(15-17)19(27)7-6-16-8-10-24-11-9-16;3-2(4,5)1(6)7/h16-18,20,24H,2-15,23H2,1H3,(H,25,28)(H,29,30);(H,6,7)/t17-,18-,20?;/m1./s1. The number of piperidine rings is 2. The van der Waals surface area contributed by atoms with Crippen molar-refractivity contribution in [1.82, 2.24) is 15.5 Å². The summed E-state index contributed by atoms with van der Waals surface area (Å²) in [5.41, 5.74) is 5.78. The molecule has 6 N–H and O–H groups in total. The van der Waals surface area contributed by atoms with Crippen LogP contribution in [0, 0.1) is 17.8 Å². The molecule has 2 amide bonds. The zero-order chi connectivity index (χ0) is 30.5. The molecule has 3 atom stereocenters. The molecule has 2 fully saturated rings. The molecule has 1 unspecified atom stereocenters. The quantitative estimate of drug-likeness (QED) is 0.215. The van der Waals surface area contributed by atoms with E-state index in [2.05, 4.69) is 10.6 Å². The van der Waals surface area contributed by atoms with Gasteiger partial charge in [-0.15, -0.1) is 0 Å². The zero-order valence-electron chi connectivity index (χ0n) is 22.6. The Morgan fingerprint density at radius 2 is 1.73 bits per heavy atom. The number of carboxylic acid groups (broad SMARTS) is 2. The van der Waals surface area contributed by atoms with Crippen LogP contribution in [0.5, 0.6) is 0 Å². The summed E-state index contributed by atoms with van der Waals surface area (Å²) in [4.78, 5) is 47.6. The number of hydrogen-bond donors (Lipinski definition) is 5. The highest BCUT2D eigenvalue weighted by Gasteiger charge is 2.38. The zero-order valence-corrected chi connectivity index (χ0v) is 23.4. The number of carbonyl (C=O) groups is 4. The maximum atomic E-state index is 12.7. The minimum Gasteiger partial charge on any atom is -0.481 e. The molecule has 0 aliphatic carbocycles. The molecule has 12 nitrogen and oxygen atoms in total. The third-order valence-corrected chi connectivity index (χ3v) is 9.04. The maximum Gasteiger partial charge on any atom is 0.490 e. The van der Waals surface area contributed by atoms with E-state index in [9.17, 15) is 41.1 Å². The Morgan fingerprint density at radius 3 is 2.25 bits per heavy atom. The van der Waals surface area contributed by atoms with E-state index < -0.39 is 45.2 Å². The van der Waals surface area contributed by atoms with Crippen molar-refractivity contribution in [2.75, 3.05) is 38.5 Å². The fraction of sp³-hybridized carbons (Fsp3) is 0.833. The van der Waals surface area contributed by atoms with Crippen LogP contribution in [0.4, 0.5) is 13.2 Å². The Hall–Kier alpha value is -2.46. The van der Waals surface area contributed by atoms with Gasteiger partial charge in [0, 0.05) is 26.1 Å². The second kappa shape index (κ2) is 16.7. The third kappa shape index (κ3) is 12.4. The lowest BCUT2D eigenvalue weighted by atomic mass is 9.92. The number of carbonyl (C=O) groups excluding carboxylic acids is 2. The number of nitrogens with one attached hydrogen (secondary N) is 2. The molecule has 40 heavy (non-hydrogen) atoms. The highest BCUT2D eigenvalue weighted by Crippen LogP contribution is 2.22. The minimum atomic E-state index is -5.08. The fourth-order valence-corrected chi connectivity index (χ4v) is 6.18. The van der Waals surface area contributed by atoms with E-state index in [-0.39, 0.29) is 24.1 Å². The first-order valence-corrected chi connectivity index (χ1v) is 15.1. The summed E-state index contributed by atoms with van der Waals surface area (Å²) in [7, 11) is -3.79. The van der Waals surface area contributed by atoms with Gasteiger partial charge in [-0.05, 0) is 57.5 Å². The Morgan fingerprint density at radius 1 is 1.12 bits per heavy atom. The number of hydrogen-bond acceptors (Lipinski definition) is 8. The summed E-state index contributed by atoms with van der Waals surface area (Å²) in [6, 6.07) is 0. The van der Waals surface area contributed by atoms with Gasteiger partial charge in [-0.2, -0.15) is 13.2 Å². The molecule has 16 heteroatoms. The second-order valence-electron chi connectivity index (χ2n) is 10.1. The topological polar surface area (TPSA) is 196 Å². The van der Waals surface area contributed by atoms with Crippen LogP contribution in [0.3, 0.4) is 0 Å². The van der Waals surface area contributed by atoms with Crippen LogP contribution in [0.15, 0.2) is 0 Å². The van der Waals surface area contributed by atoms with Gasteiger partial charge in [-0.3, -0.25) is 14.4 Å².